The molecule has 1 aromatic heterocycles. The lowest BCUT2D eigenvalue weighted by Gasteiger charge is -2.12. The molecule has 0 radical (unpaired) electrons. The number of aromatic amines is 1. The van der Waals surface area contributed by atoms with Gasteiger partial charge >= 0.3 is 0 Å². The van der Waals surface area contributed by atoms with Gasteiger partial charge in [-0.3, -0.25) is 0 Å². The molecular formula is C27H32N2O. The third-order valence-corrected chi connectivity index (χ3v) is 6.33. The van der Waals surface area contributed by atoms with Crippen LogP contribution in [0.1, 0.15) is 50.2 Å². The second kappa shape index (κ2) is 8.93. The number of aromatic nitrogens is 1. The van der Waals surface area contributed by atoms with Crippen molar-refractivity contribution in [1.29, 1.82) is 0 Å². The smallest absolute Gasteiger partial charge is 0.128 e. The lowest BCUT2D eigenvalue weighted by Crippen LogP contribution is -2.00. The maximum absolute atomic E-state index is 5.82. The highest BCUT2D eigenvalue weighted by molar-refractivity contribution is 5.96. The van der Waals surface area contributed by atoms with E-state index in [2.05, 4.69) is 73.4 Å². The van der Waals surface area contributed by atoms with Crippen molar-refractivity contribution in [3.05, 3.63) is 65.7 Å². The molecule has 0 aliphatic heterocycles. The molecule has 156 valence electrons. The van der Waals surface area contributed by atoms with Crippen molar-refractivity contribution in [3.8, 4) is 17.0 Å². The molecule has 0 amide bonds. The van der Waals surface area contributed by atoms with E-state index in [1.54, 1.807) is 7.11 Å². The summed E-state index contributed by atoms with van der Waals surface area (Å²) in [6.07, 6.45) is 4.27. The van der Waals surface area contributed by atoms with Crippen LogP contribution in [0.25, 0.3) is 32.9 Å². The van der Waals surface area contributed by atoms with Gasteiger partial charge in [0.1, 0.15) is 5.75 Å². The van der Waals surface area contributed by atoms with Crippen LogP contribution < -0.4 is 10.5 Å². The van der Waals surface area contributed by atoms with Crippen LogP contribution in [0.4, 0.5) is 0 Å². The molecule has 3 aromatic carbocycles. The van der Waals surface area contributed by atoms with Crippen LogP contribution in [0, 0.1) is 0 Å². The number of fused-ring (bicyclic) bond motifs is 2. The van der Waals surface area contributed by atoms with Crippen LogP contribution >= 0.6 is 0 Å². The van der Waals surface area contributed by atoms with Crippen molar-refractivity contribution in [2.45, 2.75) is 45.4 Å². The highest BCUT2D eigenvalue weighted by Gasteiger charge is 2.18. The molecule has 0 fully saturated rings. The van der Waals surface area contributed by atoms with Gasteiger partial charge in [-0.05, 0) is 84.3 Å². The number of hydrogen-bond donors (Lipinski definition) is 2. The lowest BCUT2D eigenvalue weighted by atomic mass is 9.94. The van der Waals surface area contributed by atoms with E-state index < -0.39 is 0 Å². The standard InChI is InChI=1S/C27H32N2O/c1-4-18(2)19-12-13-25-23(15-19)22(11-7-8-14-28)27(29-25)24-16-20-9-5-6-10-21(20)17-26(24)30-3/h5-6,9-10,12-13,15-18,29H,4,7-8,11,14,28H2,1-3H3. The molecule has 0 bridgehead atoms. The van der Waals surface area contributed by atoms with Gasteiger partial charge in [-0.15, -0.1) is 0 Å². The Morgan fingerprint density at radius 2 is 1.77 bits per heavy atom. The first-order chi connectivity index (χ1) is 14.7. The van der Waals surface area contributed by atoms with Gasteiger partial charge in [-0.1, -0.05) is 44.2 Å². The van der Waals surface area contributed by atoms with Crippen molar-refractivity contribution in [3.63, 3.8) is 0 Å². The highest BCUT2D eigenvalue weighted by atomic mass is 16.5. The fraction of sp³-hybridized carbons (Fsp3) is 0.333. The number of unbranched alkanes of at least 4 members (excludes halogenated alkanes) is 1. The molecule has 30 heavy (non-hydrogen) atoms. The average Bonchev–Trinajstić information content (AvgIpc) is 3.15. The normalized spacial score (nSPS) is 12.5. The maximum Gasteiger partial charge on any atom is 0.128 e. The van der Waals surface area contributed by atoms with Crippen molar-refractivity contribution in [1.82, 2.24) is 4.98 Å². The molecule has 0 saturated heterocycles. The van der Waals surface area contributed by atoms with E-state index in [1.807, 2.05) is 0 Å². The zero-order valence-corrected chi connectivity index (χ0v) is 18.3. The Labute approximate surface area is 179 Å². The van der Waals surface area contributed by atoms with E-state index in [-0.39, 0.29) is 0 Å². The fourth-order valence-electron chi connectivity index (χ4n) is 4.33. The lowest BCUT2D eigenvalue weighted by molar-refractivity contribution is 0.417. The number of ether oxygens (including phenoxy) is 1. The Bertz CT molecular complexity index is 1160. The Morgan fingerprint density at radius 3 is 2.47 bits per heavy atom. The Morgan fingerprint density at radius 1 is 1.00 bits per heavy atom. The van der Waals surface area contributed by atoms with E-state index in [0.717, 1.165) is 43.5 Å². The van der Waals surface area contributed by atoms with Gasteiger partial charge in [0.25, 0.3) is 0 Å². The minimum Gasteiger partial charge on any atom is -0.496 e. The quantitative estimate of drug-likeness (QED) is 0.320. The summed E-state index contributed by atoms with van der Waals surface area (Å²) in [5.41, 5.74) is 12.1. The molecule has 1 atom stereocenters. The summed E-state index contributed by atoms with van der Waals surface area (Å²) in [7, 11) is 1.76. The molecule has 0 saturated carbocycles. The number of nitrogens with one attached hydrogen (secondary N) is 1. The molecule has 3 N–H and O–H groups in total. The summed E-state index contributed by atoms with van der Waals surface area (Å²) >= 11 is 0. The number of methoxy groups -OCH3 is 1. The number of H-pyrrole nitrogens is 1. The molecule has 0 spiro atoms. The number of rotatable bonds is 8. The average molecular weight is 401 g/mol. The molecule has 3 heteroatoms. The fourth-order valence-corrected chi connectivity index (χ4v) is 4.33. The first kappa shape index (κ1) is 20.5. The second-order valence-electron chi connectivity index (χ2n) is 8.24. The van der Waals surface area contributed by atoms with Crippen LogP contribution in [0.5, 0.6) is 5.75 Å². The Kier molecular flexibility index (Phi) is 6.10. The first-order valence-corrected chi connectivity index (χ1v) is 11.1. The minimum atomic E-state index is 0.555. The summed E-state index contributed by atoms with van der Waals surface area (Å²) < 4.78 is 5.82. The molecule has 4 rings (SSSR count). The van der Waals surface area contributed by atoms with Gasteiger partial charge in [0.15, 0.2) is 0 Å². The Balaban J connectivity index is 1.93. The van der Waals surface area contributed by atoms with Crippen molar-refractivity contribution in [2.24, 2.45) is 5.73 Å². The van der Waals surface area contributed by atoms with Crippen molar-refractivity contribution in [2.75, 3.05) is 13.7 Å². The highest BCUT2D eigenvalue weighted by Crippen LogP contribution is 2.39. The number of hydrogen-bond acceptors (Lipinski definition) is 2. The second-order valence-corrected chi connectivity index (χ2v) is 8.24. The van der Waals surface area contributed by atoms with Gasteiger partial charge in [0.05, 0.1) is 12.8 Å². The summed E-state index contributed by atoms with van der Waals surface area (Å²) in [6, 6.07) is 19.7. The van der Waals surface area contributed by atoms with E-state index in [1.165, 1.54) is 38.5 Å². The largest absolute Gasteiger partial charge is 0.496 e. The van der Waals surface area contributed by atoms with E-state index >= 15 is 0 Å². The molecular weight excluding hydrogens is 368 g/mol. The minimum absolute atomic E-state index is 0.555. The number of nitrogens with two attached hydrogens (primary N) is 1. The maximum atomic E-state index is 5.82. The third-order valence-electron chi connectivity index (χ3n) is 6.33. The molecule has 3 nitrogen and oxygen atoms in total. The SMILES string of the molecule is CCC(C)c1ccc2[nH]c(-c3cc4ccccc4cc3OC)c(CCCCN)c2c1. The molecule has 0 aliphatic rings. The number of aryl methyl sites for hydroxylation is 1. The summed E-state index contributed by atoms with van der Waals surface area (Å²) in [6.45, 7) is 5.28. The van der Waals surface area contributed by atoms with E-state index in [0.29, 0.717) is 5.92 Å². The predicted molar refractivity (Wildman–Crippen MR) is 128 cm³/mol. The monoisotopic (exact) mass is 400 g/mol. The van der Waals surface area contributed by atoms with E-state index in [9.17, 15) is 0 Å². The van der Waals surface area contributed by atoms with Gasteiger partial charge in [-0.2, -0.15) is 0 Å². The third kappa shape index (κ3) is 3.82. The topological polar surface area (TPSA) is 51.0 Å². The molecule has 4 aromatic rings. The van der Waals surface area contributed by atoms with E-state index in [4.69, 9.17) is 10.5 Å². The van der Waals surface area contributed by atoms with Crippen LogP contribution in [0.2, 0.25) is 0 Å². The van der Waals surface area contributed by atoms with Gasteiger partial charge in [0, 0.05) is 16.5 Å². The zero-order chi connectivity index (χ0) is 21.1. The zero-order valence-electron chi connectivity index (χ0n) is 18.3. The first-order valence-electron chi connectivity index (χ1n) is 11.1. The van der Waals surface area contributed by atoms with Gasteiger partial charge < -0.3 is 15.5 Å². The predicted octanol–water partition coefficient (Wildman–Crippen LogP) is 6.79. The van der Waals surface area contributed by atoms with Crippen LogP contribution in [0.15, 0.2) is 54.6 Å². The van der Waals surface area contributed by atoms with Crippen molar-refractivity contribution >= 4 is 21.7 Å². The molecule has 1 unspecified atom stereocenters. The summed E-state index contributed by atoms with van der Waals surface area (Å²) in [5, 5.41) is 3.74. The molecule has 1 heterocycles. The van der Waals surface area contributed by atoms with Gasteiger partial charge in [-0.25, -0.2) is 0 Å². The van der Waals surface area contributed by atoms with Gasteiger partial charge in [0.2, 0.25) is 0 Å². The number of benzene rings is 3. The van der Waals surface area contributed by atoms with Crippen LogP contribution in [-0.2, 0) is 6.42 Å². The van der Waals surface area contributed by atoms with Crippen molar-refractivity contribution < 1.29 is 4.74 Å². The Hall–Kier alpha value is -2.78. The van der Waals surface area contributed by atoms with Crippen LogP contribution in [-0.4, -0.2) is 18.6 Å². The van der Waals surface area contributed by atoms with Crippen LogP contribution in [0.3, 0.4) is 0 Å². The summed E-state index contributed by atoms with van der Waals surface area (Å²) in [5.74, 6) is 1.46. The summed E-state index contributed by atoms with van der Waals surface area (Å²) in [4.78, 5) is 3.72. The molecule has 0 aliphatic carbocycles.